The van der Waals surface area contributed by atoms with Crippen molar-refractivity contribution in [1.29, 1.82) is 0 Å². The Labute approximate surface area is 141 Å². The summed E-state index contributed by atoms with van der Waals surface area (Å²) in [6.45, 7) is 2.27. The highest BCUT2D eigenvalue weighted by molar-refractivity contribution is 7.89. The first-order chi connectivity index (χ1) is 9.89. The van der Waals surface area contributed by atoms with E-state index in [0.29, 0.717) is 6.54 Å². The Bertz CT molecular complexity index is 613. The van der Waals surface area contributed by atoms with Gasteiger partial charge >= 0.3 is 0 Å². The van der Waals surface area contributed by atoms with Crippen LogP contribution in [0.5, 0.6) is 0 Å². The average molecular weight is 371 g/mol. The van der Waals surface area contributed by atoms with Crippen LogP contribution in [0.1, 0.15) is 39.0 Å². The maximum absolute atomic E-state index is 12.9. The van der Waals surface area contributed by atoms with Crippen molar-refractivity contribution in [3.8, 4) is 0 Å². The molecule has 7 heteroatoms. The molecule has 118 valence electrons. The molecule has 0 N–H and O–H groups in total. The van der Waals surface area contributed by atoms with Gasteiger partial charge in [0.05, 0.1) is 15.1 Å². The van der Waals surface area contributed by atoms with Gasteiger partial charge in [-0.15, -0.1) is 0 Å². The van der Waals surface area contributed by atoms with Crippen molar-refractivity contribution in [2.45, 2.75) is 50.0 Å². The van der Waals surface area contributed by atoms with Crippen LogP contribution in [-0.2, 0) is 10.0 Å². The number of benzene rings is 1. The number of hydrogen-bond donors (Lipinski definition) is 0. The van der Waals surface area contributed by atoms with E-state index in [1.807, 2.05) is 6.92 Å². The normalized spacial score (nSPS) is 17.4. The largest absolute Gasteiger partial charge is 0.244 e. The highest BCUT2D eigenvalue weighted by Gasteiger charge is 2.33. The molecule has 1 fully saturated rings. The van der Waals surface area contributed by atoms with Gasteiger partial charge in [0.1, 0.15) is 4.90 Å². The van der Waals surface area contributed by atoms with Gasteiger partial charge in [0, 0.05) is 12.6 Å². The van der Waals surface area contributed by atoms with Gasteiger partial charge in [-0.2, -0.15) is 4.31 Å². The summed E-state index contributed by atoms with van der Waals surface area (Å²) in [5.74, 6) is 0. The molecular weight excluding hydrogens is 353 g/mol. The van der Waals surface area contributed by atoms with Crippen molar-refractivity contribution in [3.63, 3.8) is 0 Å². The number of sulfonamides is 1. The van der Waals surface area contributed by atoms with E-state index in [1.54, 1.807) is 0 Å². The van der Waals surface area contributed by atoms with E-state index in [-0.39, 0.29) is 26.0 Å². The summed E-state index contributed by atoms with van der Waals surface area (Å²) in [5.41, 5.74) is 0. The molecule has 0 bridgehead atoms. The summed E-state index contributed by atoms with van der Waals surface area (Å²) in [5, 5.41) is 0.332. The number of nitrogens with zero attached hydrogens (tertiary/aromatic N) is 1. The molecule has 0 amide bonds. The Balaban J connectivity index is 2.42. The van der Waals surface area contributed by atoms with E-state index < -0.39 is 10.0 Å². The van der Waals surface area contributed by atoms with Crippen LogP contribution in [-0.4, -0.2) is 25.3 Å². The van der Waals surface area contributed by atoms with E-state index in [9.17, 15) is 8.42 Å². The van der Waals surface area contributed by atoms with Crippen LogP contribution in [0.25, 0.3) is 0 Å². The second-order valence-corrected chi connectivity index (χ2v) is 8.20. The Hall–Kier alpha value is -0.000000000000000167. The number of halogens is 3. The first kappa shape index (κ1) is 17.4. The Morgan fingerprint density at radius 1 is 1.10 bits per heavy atom. The van der Waals surface area contributed by atoms with Crippen molar-refractivity contribution in [1.82, 2.24) is 4.31 Å². The van der Waals surface area contributed by atoms with E-state index in [4.69, 9.17) is 34.8 Å². The minimum atomic E-state index is -3.66. The molecule has 0 atom stereocenters. The Morgan fingerprint density at radius 3 is 2.29 bits per heavy atom. The van der Waals surface area contributed by atoms with Gasteiger partial charge in [0.25, 0.3) is 0 Å². The molecule has 0 saturated heterocycles. The molecule has 1 aromatic carbocycles. The molecule has 0 spiro atoms. The van der Waals surface area contributed by atoms with Crippen molar-refractivity contribution < 1.29 is 8.42 Å². The lowest BCUT2D eigenvalue weighted by atomic mass is 9.95. The molecule has 0 aromatic heterocycles. The van der Waals surface area contributed by atoms with Gasteiger partial charge in [-0.3, -0.25) is 0 Å². The fraction of sp³-hybridized carbons (Fsp3) is 0.571. The fourth-order valence-electron chi connectivity index (χ4n) is 2.83. The fourth-order valence-corrected chi connectivity index (χ4v) is 5.48. The Kier molecular flexibility index (Phi) is 5.83. The van der Waals surface area contributed by atoms with Crippen LogP contribution < -0.4 is 0 Å². The summed E-state index contributed by atoms with van der Waals surface area (Å²) < 4.78 is 27.3. The van der Waals surface area contributed by atoms with Crippen molar-refractivity contribution in [3.05, 3.63) is 27.2 Å². The van der Waals surface area contributed by atoms with Gasteiger partial charge in [-0.25, -0.2) is 8.42 Å². The lowest BCUT2D eigenvalue weighted by Gasteiger charge is -2.32. The van der Waals surface area contributed by atoms with E-state index in [1.165, 1.54) is 22.9 Å². The third-order valence-electron chi connectivity index (χ3n) is 3.88. The first-order valence-corrected chi connectivity index (χ1v) is 9.62. The standard InChI is InChI=1S/C14H18Cl3NO2S/c1-2-18(10-6-4-3-5-7-10)21(19,20)12-9-8-11(15)13(16)14(12)17/h8-10H,2-7H2,1H3. The maximum Gasteiger partial charge on any atom is 0.244 e. The SMILES string of the molecule is CCN(C1CCCCC1)S(=O)(=O)c1ccc(Cl)c(Cl)c1Cl. The maximum atomic E-state index is 12.9. The van der Waals surface area contributed by atoms with Gasteiger partial charge in [0.2, 0.25) is 10.0 Å². The smallest absolute Gasteiger partial charge is 0.207 e. The topological polar surface area (TPSA) is 37.4 Å². The predicted octanol–water partition coefficient (Wildman–Crippen LogP) is 4.99. The summed E-state index contributed by atoms with van der Waals surface area (Å²) in [7, 11) is -3.66. The zero-order valence-corrected chi connectivity index (χ0v) is 14.9. The minimum Gasteiger partial charge on any atom is -0.207 e. The molecular formula is C14H18Cl3NO2S. The van der Waals surface area contributed by atoms with Crippen molar-refractivity contribution in [2.24, 2.45) is 0 Å². The van der Waals surface area contributed by atoms with Gasteiger partial charge < -0.3 is 0 Å². The van der Waals surface area contributed by atoms with Crippen LogP contribution >= 0.6 is 34.8 Å². The van der Waals surface area contributed by atoms with Crippen LogP contribution in [0.4, 0.5) is 0 Å². The first-order valence-electron chi connectivity index (χ1n) is 7.05. The van der Waals surface area contributed by atoms with Crippen molar-refractivity contribution >= 4 is 44.8 Å². The lowest BCUT2D eigenvalue weighted by molar-refractivity contribution is 0.261. The number of hydrogen-bond acceptors (Lipinski definition) is 2. The van der Waals surface area contributed by atoms with Gasteiger partial charge in [0.15, 0.2) is 0 Å². The molecule has 1 aliphatic rings. The monoisotopic (exact) mass is 369 g/mol. The molecule has 21 heavy (non-hydrogen) atoms. The summed E-state index contributed by atoms with van der Waals surface area (Å²) in [6, 6.07) is 2.94. The van der Waals surface area contributed by atoms with E-state index in [2.05, 4.69) is 0 Å². The summed E-state index contributed by atoms with van der Waals surface area (Å²) >= 11 is 17.9. The zero-order chi connectivity index (χ0) is 15.6. The van der Waals surface area contributed by atoms with Crippen molar-refractivity contribution in [2.75, 3.05) is 6.54 Å². The molecule has 0 heterocycles. The molecule has 0 radical (unpaired) electrons. The molecule has 0 unspecified atom stereocenters. The quantitative estimate of drug-likeness (QED) is 0.700. The van der Waals surface area contributed by atoms with Crippen LogP contribution in [0.3, 0.4) is 0 Å². The third-order valence-corrected chi connectivity index (χ3v) is 7.36. The second kappa shape index (κ2) is 7.05. The van der Waals surface area contributed by atoms with Crippen LogP contribution in [0.2, 0.25) is 15.1 Å². The molecule has 1 saturated carbocycles. The zero-order valence-electron chi connectivity index (χ0n) is 11.8. The lowest BCUT2D eigenvalue weighted by Crippen LogP contribution is -2.41. The summed E-state index contributed by atoms with van der Waals surface area (Å²) in [6.07, 6.45) is 5.08. The third kappa shape index (κ3) is 3.50. The average Bonchev–Trinajstić information content (AvgIpc) is 2.46. The van der Waals surface area contributed by atoms with Crippen LogP contribution in [0.15, 0.2) is 17.0 Å². The molecule has 1 aromatic rings. The highest BCUT2D eigenvalue weighted by Crippen LogP contribution is 2.37. The molecule has 1 aliphatic carbocycles. The number of rotatable bonds is 4. The Morgan fingerprint density at radius 2 is 1.71 bits per heavy atom. The molecule has 2 rings (SSSR count). The minimum absolute atomic E-state index is 0.00146. The van der Waals surface area contributed by atoms with Gasteiger partial charge in [-0.05, 0) is 25.0 Å². The highest BCUT2D eigenvalue weighted by atomic mass is 35.5. The molecule has 0 aliphatic heterocycles. The predicted molar refractivity (Wildman–Crippen MR) is 87.9 cm³/mol. The van der Waals surface area contributed by atoms with E-state index >= 15 is 0 Å². The molecule has 3 nitrogen and oxygen atoms in total. The second-order valence-electron chi connectivity index (χ2n) is 5.17. The van der Waals surface area contributed by atoms with E-state index in [0.717, 1.165) is 25.7 Å². The van der Waals surface area contributed by atoms with Crippen LogP contribution in [0, 0.1) is 0 Å². The summed E-state index contributed by atoms with van der Waals surface area (Å²) in [4.78, 5) is 0.0333. The van der Waals surface area contributed by atoms with Gasteiger partial charge in [-0.1, -0.05) is 61.0 Å².